The summed E-state index contributed by atoms with van der Waals surface area (Å²) in [7, 11) is 2.05. The molecule has 4 heteroatoms. The zero-order valence-corrected chi connectivity index (χ0v) is 10.6. The van der Waals surface area contributed by atoms with E-state index in [0.29, 0.717) is 0 Å². The molecule has 1 aliphatic heterocycles. The Kier molecular flexibility index (Phi) is 3.05. The predicted molar refractivity (Wildman–Crippen MR) is 69.4 cm³/mol. The second kappa shape index (κ2) is 4.69. The van der Waals surface area contributed by atoms with E-state index < -0.39 is 0 Å². The average Bonchev–Trinajstić information content (AvgIpc) is 3.08. The van der Waals surface area contributed by atoms with Crippen LogP contribution >= 0.6 is 0 Å². The second-order valence-corrected chi connectivity index (χ2v) is 5.38. The van der Waals surface area contributed by atoms with Crippen LogP contribution in [0, 0.1) is 5.92 Å². The van der Waals surface area contributed by atoms with Crippen molar-refractivity contribution < 1.29 is 0 Å². The van der Waals surface area contributed by atoms with Crippen molar-refractivity contribution in [3.63, 3.8) is 0 Å². The summed E-state index contributed by atoms with van der Waals surface area (Å²) in [6, 6.07) is 0.733. The van der Waals surface area contributed by atoms with E-state index in [2.05, 4.69) is 26.0 Å². The van der Waals surface area contributed by atoms with Crippen LogP contribution in [0.4, 0.5) is 5.95 Å². The Morgan fingerprint density at radius 3 is 3.06 bits per heavy atom. The minimum Gasteiger partial charge on any atom is -0.342 e. The maximum absolute atomic E-state index is 4.56. The van der Waals surface area contributed by atoms with Crippen LogP contribution in [0.15, 0.2) is 12.4 Å². The molecule has 0 radical (unpaired) electrons. The molecule has 1 atom stereocenters. The highest BCUT2D eigenvalue weighted by Crippen LogP contribution is 2.38. The number of hydrogen-bond acceptors (Lipinski definition) is 3. The minimum absolute atomic E-state index is 0.733. The van der Waals surface area contributed by atoms with Crippen molar-refractivity contribution in [1.82, 2.24) is 14.9 Å². The van der Waals surface area contributed by atoms with Crippen LogP contribution in [0.25, 0.3) is 0 Å². The highest BCUT2D eigenvalue weighted by molar-refractivity contribution is 5.33. The first-order valence-corrected chi connectivity index (χ1v) is 6.81. The van der Waals surface area contributed by atoms with E-state index in [9.17, 15) is 0 Å². The molecular formula is C13H22N4. The highest BCUT2D eigenvalue weighted by atomic mass is 15.3. The van der Waals surface area contributed by atoms with Crippen molar-refractivity contribution in [2.45, 2.75) is 31.7 Å². The number of rotatable bonds is 4. The first-order valence-electron chi connectivity index (χ1n) is 6.81. The van der Waals surface area contributed by atoms with Gasteiger partial charge in [-0.1, -0.05) is 0 Å². The third-order valence-electron chi connectivity index (χ3n) is 3.88. The monoisotopic (exact) mass is 234 g/mol. The summed E-state index contributed by atoms with van der Waals surface area (Å²) in [6.07, 6.45) is 9.41. The first kappa shape index (κ1) is 11.1. The summed E-state index contributed by atoms with van der Waals surface area (Å²) in [5, 5.41) is 3.30. The molecule has 17 heavy (non-hydrogen) atoms. The largest absolute Gasteiger partial charge is 0.342 e. The van der Waals surface area contributed by atoms with E-state index >= 15 is 0 Å². The Bertz CT molecular complexity index is 367. The summed E-state index contributed by atoms with van der Waals surface area (Å²) in [5.41, 5.74) is 0. The molecule has 2 aliphatic rings. The van der Waals surface area contributed by atoms with Crippen molar-refractivity contribution in [2.75, 3.05) is 31.6 Å². The lowest BCUT2D eigenvalue weighted by molar-refractivity contribution is 0.396. The molecule has 0 aromatic carbocycles. The van der Waals surface area contributed by atoms with Gasteiger partial charge in [0.2, 0.25) is 5.95 Å². The number of anilines is 1. The lowest BCUT2D eigenvalue weighted by Gasteiger charge is -2.33. The van der Waals surface area contributed by atoms with Crippen LogP contribution in [0.3, 0.4) is 0 Å². The number of nitrogens with zero attached hydrogens (tertiary/aromatic N) is 3. The first-order chi connectivity index (χ1) is 8.38. The maximum atomic E-state index is 4.56. The summed E-state index contributed by atoms with van der Waals surface area (Å²) in [5.74, 6) is 1.98. The van der Waals surface area contributed by atoms with E-state index in [1.165, 1.54) is 38.2 Å². The Hall–Kier alpha value is -1.03. The van der Waals surface area contributed by atoms with Gasteiger partial charge in [0.25, 0.3) is 0 Å². The van der Waals surface area contributed by atoms with E-state index in [0.717, 1.165) is 25.0 Å². The van der Waals surface area contributed by atoms with Crippen LogP contribution in [0.5, 0.6) is 0 Å². The Morgan fingerprint density at radius 1 is 1.41 bits per heavy atom. The molecule has 0 bridgehead atoms. The summed E-state index contributed by atoms with van der Waals surface area (Å²) >= 11 is 0. The highest BCUT2D eigenvalue weighted by Gasteiger charge is 2.29. The molecule has 1 N–H and O–H groups in total. The Labute approximate surface area is 103 Å². The molecule has 94 valence electrons. The molecule has 3 rings (SSSR count). The zero-order valence-electron chi connectivity index (χ0n) is 10.6. The summed E-state index contributed by atoms with van der Waals surface area (Å²) < 4.78 is 2.38. The Morgan fingerprint density at radius 2 is 2.29 bits per heavy atom. The number of hydrogen-bond donors (Lipinski definition) is 1. The van der Waals surface area contributed by atoms with Gasteiger partial charge in [0.05, 0.1) is 0 Å². The van der Waals surface area contributed by atoms with Gasteiger partial charge < -0.3 is 14.8 Å². The molecule has 1 saturated heterocycles. The number of imidazole rings is 1. The van der Waals surface area contributed by atoms with Gasteiger partial charge in [-0.3, -0.25) is 0 Å². The van der Waals surface area contributed by atoms with Gasteiger partial charge >= 0.3 is 0 Å². The van der Waals surface area contributed by atoms with Crippen molar-refractivity contribution in [2.24, 2.45) is 5.92 Å². The van der Waals surface area contributed by atoms with Crippen molar-refractivity contribution in [3.05, 3.63) is 12.4 Å². The minimum atomic E-state index is 0.733. The van der Waals surface area contributed by atoms with Crippen molar-refractivity contribution >= 4 is 5.95 Å². The van der Waals surface area contributed by atoms with Gasteiger partial charge in [-0.2, -0.15) is 0 Å². The fraction of sp³-hybridized carbons (Fsp3) is 0.769. The third-order valence-corrected chi connectivity index (χ3v) is 3.88. The fourth-order valence-corrected chi connectivity index (χ4v) is 2.89. The third kappa shape index (κ3) is 2.32. The van der Waals surface area contributed by atoms with Gasteiger partial charge in [-0.25, -0.2) is 4.98 Å². The van der Waals surface area contributed by atoms with E-state index in [1.807, 2.05) is 13.2 Å². The average molecular weight is 234 g/mol. The standard InChI is InChI=1S/C13H22N4/c1-14-9-11-3-2-7-16(10-11)13-15-6-8-17(13)12-4-5-12/h6,8,11-12,14H,2-5,7,9-10H2,1H3. The summed E-state index contributed by atoms with van der Waals surface area (Å²) in [4.78, 5) is 7.04. The van der Waals surface area contributed by atoms with Gasteiger partial charge in [0, 0.05) is 31.5 Å². The van der Waals surface area contributed by atoms with Gasteiger partial charge in [0.1, 0.15) is 0 Å². The summed E-state index contributed by atoms with van der Waals surface area (Å²) in [6.45, 7) is 3.45. The van der Waals surface area contributed by atoms with Crippen molar-refractivity contribution in [3.8, 4) is 0 Å². The lowest BCUT2D eigenvalue weighted by Crippen LogP contribution is -2.40. The fourth-order valence-electron chi connectivity index (χ4n) is 2.89. The SMILES string of the molecule is CNCC1CCCN(c2nccn2C2CC2)C1. The molecule has 1 aromatic heterocycles. The van der Waals surface area contributed by atoms with Crippen LogP contribution in [0.1, 0.15) is 31.7 Å². The van der Waals surface area contributed by atoms with Crippen LogP contribution < -0.4 is 10.2 Å². The normalized spacial score (nSPS) is 25.2. The van der Waals surface area contributed by atoms with Crippen LogP contribution in [-0.4, -0.2) is 36.2 Å². The quantitative estimate of drug-likeness (QED) is 0.860. The lowest BCUT2D eigenvalue weighted by atomic mass is 9.98. The molecule has 2 heterocycles. The molecule has 1 aromatic rings. The van der Waals surface area contributed by atoms with E-state index in [1.54, 1.807) is 0 Å². The molecule has 0 spiro atoms. The molecule has 1 unspecified atom stereocenters. The van der Waals surface area contributed by atoms with Crippen molar-refractivity contribution in [1.29, 1.82) is 0 Å². The number of aromatic nitrogens is 2. The molecule has 0 amide bonds. The maximum Gasteiger partial charge on any atom is 0.205 e. The van der Waals surface area contributed by atoms with Crippen LogP contribution in [-0.2, 0) is 0 Å². The predicted octanol–water partition coefficient (Wildman–Crippen LogP) is 1.65. The number of nitrogens with one attached hydrogen (secondary N) is 1. The molecular weight excluding hydrogens is 212 g/mol. The molecule has 2 fully saturated rings. The molecule has 1 saturated carbocycles. The molecule has 4 nitrogen and oxygen atoms in total. The topological polar surface area (TPSA) is 33.1 Å². The van der Waals surface area contributed by atoms with Gasteiger partial charge in [-0.15, -0.1) is 0 Å². The Balaban J connectivity index is 1.71. The zero-order chi connectivity index (χ0) is 11.7. The van der Waals surface area contributed by atoms with Crippen LogP contribution in [0.2, 0.25) is 0 Å². The second-order valence-electron chi connectivity index (χ2n) is 5.38. The van der Waals surface area contributed by atoms with Gasteiger partial charge in [-0.05, 0) is 45.2 Å². The smallest absolute Gasteiger partial charge is 0.205 e. The number of piperidine rings is 1. The van der Waals surface area contributed by atoms with E-state index in [-0.39, 0.29) is 0 Å². The van der Waals surface area contributed by atoms with E-state index in [4.69, 9.17) is 0 Å². The van der Waals surface area contributed by atoms with Gasteiger partial charge in [0.15, 0.2) is 0 Å². The molecule has 1 aliphatic carbocycles.